The topological polar surface area (TPSA) is 77.3 Å². The third kappa shape index (κ3) is 12.3. The van der Waals surface area contributed by atoms with E-state index in [0.717, 1.165) is 106 Å². The standard InChI is InChI=1S/C105H68N6S2/c1-105(65-83-55-58-87(104-109-99(74-29-13-5-14-30-74)106-101(110-104)76-53-51-71(52-54-76)68-27-11-4-12-28-68)97-89-64-80(57-60-93(89)113-98(83)97)78-34-19-33-77(61-78)72-47-43-69(44-48-72)66-23-7-2-8-24-66)90-40-18-17-37-85(90)95-84(38-21-41-91(95)105)81-35-20-36-82(62-81)102-107-100(75-31-15-6-16-32-75)108-103(111-102)86-39-22-42-94-96(86)88-63-79(56-59-92(88)112-94)73-49-45-70(46-50-73)67-25-9-3-10-26-67/h2-64H,65H2,1H3. The fourth-order valence-corrected chi connectivity index (χ4v) is 19.2. The van der Waals surface area contributed by atoms with E-state index in [2.05, 4.69) is 353 Å². The number of fused-ring (bicyclic) bond motifs is 9. The summed E-state index contributed by atoms with van der Waals surface area (Å²) < 4.78 is 4.78. The van der Waals surface area contributed by atoms with Crippen molar-refractivity contribution in [2.24, 2.45) is 0 Å². The zero-order valence-corrected chi connectivity index (χ0v) is 63.2. The Kier molecular flexibility index (Phi) is 16.7. The number of rotatable bonds is 15. The molecular formula is C105H68N6S2. The number of nitrogens with zero attached hydrogens (tertiary/aromatic N) is 6. The number of aromatic nitrogens is 6. The van der Waals surface area contributed by atoms with Crippen LogP contribution in [0.4, 0.5) is 0 Å². The van der Waals surface area contributed by atoms with Crippen molar-refractivity contribution in [1.29, 1.82) is 0 Å². The van der Waals surface area contributed by atoms with E-state index in [1.807, 2.05) is 47.7 Å². The molecule has 0 aliphatic heterocycles. The number of hydrogen-bond donors (Lipinski definition) is 0. The SMILES string of the molecule is CC1(Cc2ccc(-c3nc(-c4ccccc4)nc(-c4ccc(-c5ccccc5)cc4)n3)c3c2sc2ccc(-c4cccc(-c5ccc(-c6ccccc6)cc5)c4)cc23)c2ccccc2-c2c(-c3cccc(-c4nc(-c5ccccc5)nc(-c5cccc6sc7ccc(-c8ccc(-c9ccccc9)cc8)cc7c56)n4)c3)cccc21. The van der Waals surface area contributed by atoms with Gasteiger partial charge in [-0.3, -0.25) is 0 Å². The Morgan fingerprint density at radius 2 is 0.558 bits per heavy atom. The maximum absolute atomic E-state index is 5.51. The van der Waals surface area contributed by atoms with Crippen LogP contribution in [0.1, 0.15) is 23.6 Å². The first-order valence-corrected chi connectivity index (χ1v) is 40.0. The maximum Gasteiger partial charge on any atom is 0.164 e. The van der Waals surface area contributed by atoms with Crippen LogP contribution < -0.4 is 0 Å². The van der Waals surface area contributed by atoms with Gasteiger partial charge in [-0.05, 0) is 155 Å². The van der Waals surface area contributed by atoms with Crippen LogP contribution in [-0.2, 0) is 11.8 Å². The second kappa shape index (κ2) is 28.1. The van der Waals surface area contributed by atoms with Crippen LogP contribution >= 0.6 is 22.7 Å². The summed E-state index contributed by atoms with van der Waals surface area (Å²) >= 11 is 3.66. The van der Waals surface area contributed by atoms with Crippen molar-refractivity contribution in [2.75, 3.05) is 0 Å². The molecule has 4 heterocycles. The molecule has 0 radical (unpaired) electrons. The van der Waals surface area contributed by atoms with Gasteiger partial charge in [0.25, 0.3) is 0 Å². The first-order valence-electron chi connectivity index (χ1n) is 38.3. The van der Waals surface area contributed by atoms with Gasteiger partial charge in [0, 0.05) is 79.1 Å². The van der Waals surface area contributed by atoms with Gasteiger partial charge >= 0.3 is 0 Å². The van der Waals surface area contributed by atoms with E-state index in [-0.39, 0.29) is 0 Å². The zero-order chi connectivity index (χ0) is 74.9. The summed E-state index contributed by atoms with van der Waals surface area (Å²) in [6, 6.07) is 137. The molecule has 16 aromatic carbocycles. The molecule has 0 saturated carbocycles. The summed E-state index contributed by atoms with van der Waals surface area (Å²) in [7, 11) is 0. The number of hydrogen-bond acceptors (Lipinski definition) is 8. The van der Waals surface area contributed by atoms with Gasteiger partial charge in [-0.2, -0.15) is 0 Å². The fraction of sp³-hybridized carbons (Fsp3) is 0.0286. The average molecular weight is 1480 g/mol. The van der Waals surface area contributed by atoms with Gasteiger partial charge in [-0.15, -0.1) is 22.7 Å². The van der Waals surface area contributed by atoms with E-state index in [1.54, 1.807) is 11.3 Å². The van der Waals surface area contributed by atoms with Crippen molar-refractivity contribution in [3.8, 4) is 157 Å². The van der Waals surface area contributed by atoms with Crippen LogP contribution in [0.2, 0.25) is 0 Å². The molecule has 0 saturated heterocycles. The van der Waals surface area contributed by atoms with E-state index in [1.165, 1.54) is 79.8 Å². The van der Waals surface area contributed by atoms with Gasteiger partial charge in [0.15, 0.2) is 34.9 Å². The van der Waals surface area contributed by atoms with E-state index < -0.39 is 5.41 Å². The molecule has 1 atom stereocenters. The van der Waals surface area contributed by atoms with Crippen LogP contribution in [0.15, 0.2) is 382 Å². The molecule has 113 heavy (non-hydrogen) atoms. The Bertz CT molecular complexity index is 7050. The highest BCUT2D eigenvalue weighted by Gasteiger charge is 2.41. The van der Waals surface area contributed by atoms with Gasteiger partial charge in [0.2, 0.25) is 0 Å². The lowest BCUT2D eigenvalue weighted by Gasteiger charge is -2.28. The molecule has 21 rings (SSSR count). The third-order valence-electron chi connectivity index (χ3n) is 22.5. The summed E-state index contributed by atoms with van der Waals surface area (Å²) in [6.45, 7) is 2.46. The number of benzene rings is 16. The van der Waals surface area contributed by atoms with Crippen molar-refractivity contribution in [3.05, 3.63) is 399 Å². The first kappa shape index (κ1) is 67.1. The predicted molar refractivity (Wildman–Crippen MR) is 472 cm³/mol. The van der Waals surface area contributed by atoms with Crippen LogP contribution in [0, 0.1) is 0 Å². The molecule has 0 spiro atoms. The van der Waals surface area contributed by atoms with E-state index in [0.29, 0.717) is 34.9 Å². The van der Waals surface area contributed by atoms with Crippen molar-refractivity contribution in [1.82, 2.24) is 29.9 Å². The quantitative estimate of drug-likeness (QED) is 0.102. The molecule has 8 heteroatoms. The number of thiophene rings is 2. The summed E-state index contributed by atoms with van der Waals surface area (Å²) in [4.78, 5) is 32.5. The van der Waals surface area contributed by atoms with E-state index in [4.69, 9.17) is 29.9 Å². The smallest absolute Gasteiger partial charge is 0.164 e. The van der Waals surface area contributed by atoms with Crippen LogP contribution in [0.3, 0.4) is 0 Å². The minimum Gasteiger partial charge on any atom is -0.208 e. The van der Waals surface area contributed by atoms with Gasteiger partial charge in [-0.25, -0.2) is 29.9 Å². The lowest BCUT2D eigenvalue weighted by molar-refractivity contribution is 0.586. The molecule has 6 nitrogen and oxygen atoms in total. The largest absolute Gasteiger partial charge is 0.208 e. The average Bonchev–Trinajstić information content (AvgIpc) is 1.56. The second-order valence-electron chi connectivity index (χ2n) is 29.4. The molecule has 1 aliphatic rings. The normalized spacial score (nSPS) is 13.1. The monoisotopic (exact) mass is 1480 g/mol. The lowest BCUT2D eigenvalue weighted by Crippen LogP contribution is -2.24. The Labute approximate surface area is 663 Å². The van der Waals surface area contributed by atoms with Gasteiger partial charge < -0.3 is 0 Å². The molecule has 4 aromatic heterocycles. The van der Waals surface area contributed by atoms with Gasteiger partial charge in [-0.1, -0.05) is 347 Å². The molecule has 0 fully saturated rings. The lowest BCUT2D eigenvalue weighted by atomic mass is 9.75. The minimum absolute atomic E-state index is 0.462. The zero-order valence-electron chi connectivity index (χ0n) is 61.6. The highest BCUT2D eigenvalue weighted by atomic mass is 32.1. The van der Waals surface area contributed by atoms with E-state index >= 15 is 0 Å². The van der Waals surface area contributed by atoms with Crippen molar-refractivity contribution < 1.29 is 0 Å². The van der Waals surface area contributed by atoms with E-state index in [9.17, 15) is 0 Å². The fourth-order valence-electron chi connectivity index (χ4n) is 16.9. The van der Waals surface area contributed by atoms with Crippen molar-refractivity contribution >= 4 is 63.0 Å². The molecular weight excluding hydrogens is 1410 g/mol. The molecule has 0 amide bonds. The Balaban J connectivity index is 0.681. The highest BCUT2D eigenvalue weighted by molar-refractivity contribution is 7.26. The van der Waals surface area contributed by atoms with Gasteiger partial charge in [0.1, 0.15) is 0 Å². The Morgan fingerprint density at radius 3 is 1.12 bits per heavy atom. The van der Waals surface area contributed by atoms with Crippen molar-refractivity contribution in [2.45, 2.75) is 18.8 Å². The Hall–Kier alpha value is -14.0. The Morgan fingerprint density at radius 1 is 0.221 bits per heavy atom. The predicted octanol–water partition coefficient (Wildman–Crippen LogP) is 28.0. The molecule has 1 aliphatic carbocycles. The molecule has 0 bridgehead atoms. The minimum atomic E-state index is -0.462. The second-order valence-corrected chi connectivity index (χ2v) is 31.5. The summed E-state index contributed by atoms with van der Waals surface area (Å²) in [6.07, 6.45) is 0.721. The van der Waals surface area contributed by atoms with Gasteiger partial charge in [0.05, 0.1) is 0 Å². The van der Waals surface area contributed by atoms with Crippen LogP contribution in [0.5, 0.6) is 0 Å². The molecule has 1 unspecified atom stereocenters. The first-order chi connectivity index (χ1) is 55.8. The molecule has 0 N–H and O–H groups in total. The molecule has 20 aromatic rings. The third-order valence-corrected chi connectivity index (χ3v) is 24.9. The maximum atomic E-state index is 5.51. The molecule has 530 valence electrons. The summed E-state index contributed by atoms with van der Waals surface area (Å²) in [5.74, 6) is 3.69. The van der Waals surface area contributed by atoms with Crippen LogP contribution in [-0.4, -0.2) is 29.9 Å². The highest BCUT2D eigenvalue weighted by Crippen LogP contribution is 2.56. The summed E-state index contributed by atoms with van der Waals surface area (Å²) in [5, 5.41) is 4.59. The summed E-state index contributed by atoms with van der Waals surface area (Å²) in [5.41, 5.74) is 27.6. The van der Waals surface area contributed by atoms with Crippen LogP contribution in [0.25, 0.3) is 198 Å². The van der Waals surface area contributed by atoms with Crippen molar-refractivity contribution in [3.63, 3.8) is 0 Å².